The molecule has 1 aliphatic rings. The van der Waals surface area contributed by atoms with Crippen LogP contribution >= 0.6 is 11.8 Å². The molecule has 0 aliphatic heterocycles. The average Bonchev–Trinajstić information content (AvgIpc) is 3.26. The van der Waals surface area contributed by atoms with Gasteiger partial charge in [-0.2, -0.15) is 0 Å². The number of carbonyl (C=O) groups is 1. The molecule has 0 saturated heterocycles. The second-order valence-corrected chi connectivity index (χ2v) is 6.80. The van der Waals surface area contributed by atoms with E-state index < -0.39 is 0 Å². The Hall–Kier alpha value is -1.00. The van der Waals surface area contributed by atoms with Crippen molar-refractivity contribution in [2.45, 2.75) is 57.0 Å². The molecule has 1 atom stereocenters. The van der Waals surface area contributed by atoms with Crippen LogP contribution in [0.2, 0.25) is 0 Å². The van der Waals surface area contributed by atoms with Gasteiger partial charge in [-0.1, -0.05) is 6.07 Å². The van der Waals surface area contributed by atoms with Crippen LogP contribution in [0.1, 0.15) is 37.3 Å². The topological polar surface area (TPSA) is 38.3 Å². The zero-order chi connectivity index (χ0) is 15.2. The summed E-state index contributed by atoms with van der Waals surface area (Å²) in [5.74, 6) is 0.816. The predicted octanol–water partition coefficient (Wildman–Crippen LogP) is 3.47. The Morgan fingerprint density at radius 2 is 2.14 bits per heavy atom. The number of benzene rings is 1. The van der Waals surface area contributed by atoms with Crippen LogP contribution in [0.4, 0.5) is 0 Å². The molecule has 3 nitrogen and oxygen atoms in total. The Morgan fingerprint density at radius 1 is 1.38 bits per heavy atom. The van der Waals surface area contributed by atoms with Gasteiger partial charge in [0.15, 0.2) is 0 Å². The molecule has 21 heavy (non-hydrogen) atoms. The maximum atomic E-state index is 12.0. The van der Waals surface area contributed by atoms with E-state index in [0.717, 1.165) is 12.2 Å². The minimum atomic E-state index is -0.156. The number of rotatable bonds is 8. The summed E-state index contributed by atoms with van der Waals surface area (Å²) in [4.78, 5) is 13.2. The summed E-state index contributed by atoms with van der Waals surface area (Å²) in [6.45, 7) is 6.57. The Bertz CT molecular complexity index is 486. The molecule has 1 unspecified atom stereocenters. The van der Waals surface area contributed by atoms with Crippen molar-refractivity contribution in [3.8, 4) is 0 Å². The predicted molar refractivity (Wildman–Crippen MR) is 87.8 cm³/mol. The molecule has 0 spiro atoms. The third kappa shape index (κ3) is 5.36. The van der Waals surface area contributed by atoms with E-state index in [4.69, 9.17) is 4.74 Å². The van der Waals surface area contributed by atoms with E-state index in [-0.39, 0.29) is 12.0 Å². The van der Waals surface area contributed by atoms with Crippen LogP contribution in [0.5, 0.6) is 0 Å². The van der Waals surface area contributed by atoms with Gasteiger partial charge < -0.3 is 10.1 Å². The van der Waals surface area contributed by atoms with E-state index >= 15 is 0 Å². The van der Waals surface area contributed by atoms with E-state index in [2.05, 4.69) is 37.4 Å². The highest BCUT2D eigenvalue weighted by molar-refractivity contribution is 7.99. The van der Waals surface area contributed by atoms with E-state index in [1.54, 1.807) is 11.8 Å². The minimum absolute atomic E-state index is 0.106. The summed E-state index contributed by atoms with van der Waals surface area (Å²) in [7, 11) is 0. The first-order valence-corrected chi connectivity index (χ1v) is 8.71. The van der Waals surface area contributed by atoms with Crippen LogP contribution < -0.4 is 5.32 Å². The van der Waals surface area contributed by atoms with Crippen LogP contribution in [0.3, 0.4) is 0 Å². The fourth-order valence-electron chi connectivity index (χ4n) is 2.14. The highest BCUT2D eigenvalue weighted by Gasteiger charge is 2.28. The Labute approximate surface area is 131 Å². The Morgan fingerprint density at radius 3 is 2.76 bits per heavy atom. The van der Waals surface area contributed by atoms with Crippen LogP contribution in [0, 0.1) is 13.8 Å². The largest absolute Gasteiger partial charge is 0.465 e. The summed E-state index contributed by atoms with van der Waals surface area (Å²) < 4.78 is 5.16. The number of aryl methyl sites for hydroxylation is 2. The first kappa shape index (κ1) is 16.4. The average molecular weight is 307 g/mol. The van der Waals surface area contributed by atoms with Crippen molar-refractivity contribution in [2.75, 3.05) is 12.4 Å². The number of esters is 1. The molecule has 0 bridgehead atoms. The van der Waals surface area contributed by atoms with Crippen LogP contribution in [-0.2, 0) is 9.53 Å². The lowest BCUT2D eigenvalue weighted by molar-refractivity contribution is -0.145. The van der Waals surface area contributed by atoms with Gasteiger partial charge >= 0.3 is 5.97 Å². The quantitative estimate of drug-likeness (QED) is 0.589. The van der Waals surface area contributed by atoms with Gasteiger partial charge in [-0.05, 0) is 63.3 Å². The fraction of sp³-hybridized carbons (Fsp3) is 0.588. The number of nitrogens with one attached hydrogen (secondary N) is 1. The van der Waals surface area contributed by atoms with Gasteiger partial charge in [-0.25, -0.2) is 0 Å². The molecule has 1 saturated carbocycles. The molecule has 0 aromatic heterocycles. The molecule has 0 radical (unpaired) electrons. The molecule has 116 valence electrons. The number of carbonyl (C=O) groups excluding carboxylic acids is 1. The summed E-state index contributed by atoms with van der Waals surface area (Å²) in [6, 6.07) is 6.89. The fourth-order valence-corrected chi connectivity index (χ4v) is 3.16. The summed E-state index contributed by atoms with van der Waals surface area (Å²) in [5, 5.41) is 3.39. The van der Waals surface area contributed by atoms with Gasteiger partial charge in [-0.15, -0.1) is 11.8 Å². The van der Waals surface area contributed by atoms with Gasteiger partial charge in [0.2, 0.25) is 0 Å². The molecule has 1 aromatic carbocycles. The van der Waals surface area contributed by atoms with Crippen molar-refractivity contribution in [1.29, 1.82) is 0 Å². The Balaban J connectivity index is 1.82. The molecule has 0 heterocycles. The number of hydrogen-bond acceptors (Lipinski definition) is 4. The SMILES string of the molecule is CCOC(=O)C(CCSc1ccc(C)c(C)c1)NC1CC1. The monoisotopic (exact) mass is 307 g/mol. The normalized spacial score (nSPS) is 15.8. The molecule has 1 N–H and O–H groups in total. The maximum Gasteiger partial charge on any atom is 0.323 e. The third-order valence-corrected chi connectivity index (χ3v) is 4.77. The van der Waals surface area contributed by atoms with Gasteiger partial charge in [0.05, 0.1) is 6.61 Å². The van der Waals surface area contributed by atoms with Gasteiger partial charge in [0.25, 0.3) is 0 Å². The van der Waals surface area contributed by atoms with Gasteiger partial charge in [0, 0.05) is 16.7 Å². The van der Waals surface area contributed by atoms with Crippen molar-refractivity contribution in [1.82, 2.24) is 5.32 Å². The second kappa shape index (κ2) is 7.85. The second-order valence-electron chi connectivity index (χ2n) is 5.63. The highest BCUT2D eigenvalue weighted by Crippen LogP contribution is 2.24. The molecule has 2 rings (SSSR count). The summed E-state index contributed by atoms with van der Waals surface area (Å²) in [5.41, 5.74) is 2.64. The number of thioether (sulfide) groups is 1. The van der Waals surface area contributed by atoms with Crippen LogP contribution in [0.25, 0.3) is 0 Å². The molecule has 1 aromatic rings. The van der Waals surface area contributed by atoms with E-state index in [9.17, 15) is 4.79 Å². The standard InChI is InChI=1S/C17H25NO2S/c1-4-20-17(19)16(18-14-6-7-14)9-10-21-15-8-5-12(2)13(3)11-15/h5,8,11,14,16,18H,4,6-7,9-10H2,1-3H3. The lowest BCUT2D eigenvalue weighted by atomic mass is 10.1. The van der Waals surface area contributed by atoms with Crippen molar-refractivity contribution < 1.29 is 9.53 Å². The van der Waals surface area contributed by atoms with Crippen molar-refractivity contribution in [2.24, 2.45) is 0 Å². The molecular formula is C17H25NO2S. The van der Waals surface area contributed by atoms with Crippen LogP contribution in [0.15, 0.2) is 23.1 Å². The highest BCUT2D eigenvalue weighted by atomic mass is 32.2. The molecule has 1 aliphatic carbocycles. The molecule has 1 fully saturated rings. The van der Waals surface area contributed by atoms with Gasteiger partial charge in [0.1, 0.15) is 6.04 Å². The van der Waals surface area contributed by atoms with E-state index in [0.29, 0.717) is 12.6 Å². The van der Waals surface area contributed by atoms with E-state index in [1.807, 2.05) is 6.92 Å². The molecular weight excluding hydrogens is 282 g/mol. The van der Waals surface area contributed by atoms with Gasteiger partial charge in [-0.3, -0.25) is 4.79 Å². The van der Waals surface area contributed by atoms with Crippen molar-refractivity contribution in [3.05, 3.63) is 29.3 Å². The maximum absolute atomic E-state index is 12.0. The van der Waals surface area contributed by atoms with Crippen molar-refractivity contribution >= 4 is 17.7 Å². The van der Waals surface area contributed by atoms with Crippen molar-refractivity contribution in [3.63, 3.8) is 0 Å². The van der Waals surface area contributed by atoms with Crippen LogP contribution in [-0.4, -0.2) is 30.4 Å². The third-order valence-electron chi connectivity index (χ3n) is 3.74. The first-order chi connectivity index (χ1) is 10.1. The zero-order valence-corrected chi connectivity index (χ0v) is 14.0. The first-order valence-electron chi connectivity index (χ1n) is 7.73. The number of hydrogen-bond donors (Lipinski definition) is 1. The lowest BCUT2D eigenvalue weighted by Crippen LogP contribution is -2.39. The smallest absolute Gasteiger partial charge is 0.323 e. The minimum Gasteiger partial charge on any atom is -0.465 e. The zero-order valence-electron chi connectivity index (χ0n) is 13.1. The summed E-state index contributed by atoms with van der Waals surface area (Å²) >= 11 is 1.81. The van der Waals surface area contributed by atoms with E-state index in [1.165, 1.54) is 28.9 Å². The summed E-state index contributed by atoms with van der Waals surface area (Å²) in [6.07, 6.45) is 3.17. The lowest BCUT2D eigenvalue weighted by Gasteiger charge is -2.16. The Kier molecular flexibility index (Phi) is 6.12. The molecule has 0 amide bonds. The number of ether oxygens (including phenoxy) is 1. The molecule has 4 heteroatoms.